The van der Waals surface area contributed by atoms with Crippen molar-refractivity contribution in [2.45, 2.75) is 76.0 Å². The molecule has 2 saturated carbocycles. The highest BCUT2D eigenvalue weighted by molar-refractivity contribution is 5.79. The summed E-state index contributed by atoms with van der Waals surface area (Å²) in [6.45, 7) is 0.376. The topological polar surface area (TPSA) is 186 Å². The maximum Gasteiger partial charge on any atom is 0.407 e. The van der Waals surface area contributed by atoms with Crippen LogP contribution in [0.15, 0.2) is 65.8 Å². The Morgan fingerprint density at radius 3 is 1.60 bits per heavy atom. The second-order valence-electron chi connectivity index (χ2n) is 12.6. The largest absolute Gasteiger partial charge is 0.445 e. The van der Waals surface area contributed by atoms with Gasteiger partial charge in [0, 0.05) is 63.1 Å². The first-order chi connectivity index (χ1) is 22.9. The van der Waals surface area contributed by atoms with E-state index in [0.717, 1.165) is 11.1 Å². The molecule has 2 aliphatic carbocycles. The van der Waals surface area contributed by atoms with Crippen molar-refractivity contribution in [3.8, 4) is 0 Å². The van der Waals surface area contributed by atoms with Crippen molar-refractivity contribution in [1.29, 1.82) is 0 Å². The lowest BCUT2D eigenvalue weighted by molar-refractivity contribution is -0.136. The van der Waals surface area contributed by atoms with Crippen LogP contribution in [0.25, 0.3) is 10.4 Å². The van der Waals surface area contributed by atoms with Crippen molar-refractivity contribution >= 4 is 24.0 Å². The van der Waals surface area contributed by atoms with Crippen LogP contribution in [0.3, 0.4) is 0 Å². The number of hydrogen-bond acceptors (Lipinski definition) is 8. The van der Waals surface area contributed by atoms with Gasteiger partial charge in [-0.2, -0.15) is 0 Å². The van der Waals surface area contributed by atoms with Crippen LogP contribution in [0.1, 0.15) is 49.7 Å². The second-order valence-corrected chi connectivity index (χ2v) is 12.6. The maximum atomic E-state index is 12.2. The maximum absolute atomic E-state index is 12.2. The summed E-state index contributed by atoms with van der Waals surface area (Å²) in [5.41, 5.74) is 10.5. The Kier molecular flexibility index (Phi) is 15.0. The highest BCUT2D eigenvalue weighted by Crippen LogP contribution is 2.29. The summed E-state index contributed by atoms with van der Waals surface area (Å²) in [6.07, 6.45) is 1.27. The fourth-order valence-electron chi connectivity index (χ4n) is 5.98. The molecule has 2 aromatic carbocycles. The number of azide groups is 1. The van der Waals surface area contributed by atoms with Crippen LogP contribution in [0.2, 0.25) is 0 Å². The van der Waals surface area contributed by atoms with E-state index in [9.17, 15) is 24.3 Å². The zero-order valence-electron chi connectivity index (χ0n) is 28.0. The molecule has 4 amide bonds. The molecule has 14 nitrogen and oxygen atoms in total. The van der Waals surface area contributed by atoms with Crippen molar-refractivity contribution in [2.75, 3.05) is 28.2 Å². The number of hydrogen-bond donors (Lipinski definition) is 3. The Hall–Kier alpha value is -4.81. The third-order valence-electron chi connectivity index (χ3n) is 8.23. The summed E-state index contributed by atoms with van der Waals surface area (Å²) in [7, 11) is 6.77. The van der Waals surface area contributed by atoms with Crippen LogP contribution >= 0.6 is 0 Å². The molecular weight excluding hydrogens is 618 g/mol. The highest BCUT2D eigenvalue weighted by Gasteiger charge is 2.35. The van der Waals surface area contributed by atoms with Gasteiger partial charge in [-0.05, 0) is 55.2 Å². The molecule has 0 unspecified atom stereocenters. The summed E-state index contributed by atoms with van der Waals surface area (Å²) >= 11 is 0. The van der Waals surface area contributed by atoms with Gasteiger partial charge in [-0.15, -0.1) is 0 Å². The smallest absolute Gasteiger partial charge is 0.407 e. The van der Waals surface area contributed by atoms with Gasteiger partial charge in [-0.25, -0.2) is 9.59 Å². The van der Waals surface area contributed by atoms with Crippen LogP contribution in [-0.4, -0.2) is 91.3 Å². The lowest BCUT2D eigenvalue weighted by Crippen LogP contribution is -2.46. The fourth-order valence-corrected chi connectivity index (χ4v) is 5.98. The number of aliphatic hydroxyl groups excluding tert-OH is 1. The minimum atomic E-state index is -0.586. The number of carbonyl (C=O) groups is 4. The molecule has 0 saturated heterocycles. The van der Waals surface area contributed by atoms with Gasteiger partial charge >= 0.3 is 12.2 Å². The van der Waals surface area contributed by atoms with E-state index in [-0.39, 0.29) is 55.0 Å². The zero-order valence-corrected chi connectivity index (χ0v) is 28.0. The standard InChI is InChI=1S/C17H23N5O3.C17H24N2O4/c1-22(2)16(23)13-8-14(10-15(9-13)20-21-18)19-17(24)25-11-12-6-4-3-5-7-12;1-19(2)16(21)13-8-14(10-15(20)9-13)18-17(22)23-11-12-6-4-3-5-7-12/h3-7,13-15H,8-11H2,1-2H3,(H,19,24);3-7,13-15,20H,8-11H2,1-2H3,(H,18,22)/t13-,14+,15-;13-,14+,15+/m11/s1. The highest BCUT2D eigenvalue weighted by atomic mass is 16.6. The second kappa shape index (κ2) is 19.1. The first-order valence-corrected chi connectivity index (χ1v) is 16.0. The molecule has 2 fully saturated rings. The average Bonchev–Trinajstić information content (AvgIpc) is 3.06. The molecule has 0 heterocycles. The van der Waals surface area contributed by atoms with Crippen LogP contribution in [0, 0.1) is 11.8 Å². The van der Waals surface area contributed by atoms with Gasteiger partial charge in [-0.1, -0.05) is 65.8 Å². The van der Waals surface area contributed by atoms with Crippen LogP contribution < -0.4 is 10.6 Å². The summed E-state index contributed by atoms with van der Waals surface area (Å²) in [5, 5.41) is 19.2. The van der Waals surface area contributed by atoms with Gasteiger partial charge < -0.3 is 35.0 Å². The summed E-state index contributed by atoms with van der Waals surface area (Å²) in [4.78, 5) is 54.1. The number of rotatable bonds is 9. The number of carbonyl (C=O) groups excluding carboxylic acids is 4. The lowest BCUT2D eigenvalue weighted by Gasteiger charge is -2.33. The quantitative estimate of drug-likeness (QED) is 0.201. The SMILES string of the molecule is CN(C)C(=O)[C@H]1C[C@@H](N=[N+]=[N-])C[C@@H](NC(=O)OCc2ccccc2)C1.CN(C)C(=O)[C@H]1C[C@H](O)C[C@@H](NC(=O)OCc2ccccc2)C1. The minimum Gasteiger partial charge on any atom is -0.445 e. The summed E-state index contributed by atoms with van der Waals surface area (Å²) < 4.78 is 10.4. The monoisotopic (exact) mass is 665 g/mol. The van der Waals surface area contributed by atoms with Crippen LogP contribution in [0.5, 0.6) is 0 Å². The molecule has 0 bridgehead atoms. The number of ether oxygens (including phenoxy) is 2. The minimum absolute atomic E-state index is 0.0202. The molecular formula is C34H47N7O7. The number of nitrogens with zero attached hydrogens (tertiary/aromatic N) is 5. The Balaban J connectivity index is 0.000000261. The molecule has 0 aromatic heterocycles. The Bertz CT molecular complexity index is 1390. The lowest BCUT2D eigenvalue weighted by atomic mass is 9.82. The van der Waals surface area contributed by atoms with E-state index in [1.54, 1.807) is 28.2 Å². The predicted octanol–water partition coefficient (Wildman–Crippen LogP) is 4.38. The van der Waals surface area contributed by atoms with Gasteiger partial charge in [0.1, 0.15) is 13.2 Å². The molecule has 0 radical (unpaired) electrons. The van der Waals surface area contributed by atoms with E-state index in [4.69, 9.17) is 15.0 Å². The molecule has 2 aliphatic rings. The van der Waals surface area contributed by atoms with Crippen molar-refractivity contribution in [2.24, 2.45) is 17.0 Å². The number of amides is 4. The first kappa shape index (κ1) is 37.6. The number of benzene rings is 2. The Labute approximate surface area is 281 Å². The molecule has 48 heavy (non-hydrogen) atoms. The molecule has 2 aromatic rings. The Morgan fingerprint density at radius 1 is 0.729 bits per heavy atom. The molecule has 4 rings (SSSR count). The van der Waals surface area contributed by atoms with E-state index in [1.165, 1.54) is 9.80 Å². The predicted molar refractivity (Wildman–Crippen MR) is 178 cm³/mol. The summed E-state index contributed by atoms with van der Waals surface area (Å²) in [6, 6.07) is 18.0. The molecule has 0 aliphatic heterocycles. The van der Waals surface area contributed by atoms with Crippen LogP contribution in [0.4, 0.5) is 9.59 Å². The fraction of sp³-hybridized carbons (Fsp3) is 0.529. The van der Waals surface area contributed by atoms with E-state index < -0.39 is 18.3 Å². The average molecular weight is 666 g/mol. The van der Waals surface area contributed by atoms with Crippen molar-refractivity contribution in [1.82, 2.24) is 20.4 Å². The molecule has 0 spiro atoms. The van der Waals surface area contributed by atoms with Crippen molar-refractivity contribution in [3.63, 3.8) is 0 Å². The zero-order chi connectivity index (χ0) is 35.1. The van der Waals surface area contributed by atoms with E-state index in [2.05, 4.69) is 20.7 Å². The van der Waals surface area contributed by atoms with Gasteiger partial charge in [-0.3, -0.25) is 9.59 Å². The van der Waals surface area contributed by atoms with Gasteiger partial charge in [0.05, 0.1) is 6.10 Å². The first-order valence-electron chi connectivity index (χ1n) is 16.0. The molecule has 260 valence electrons. The van der Waals surface area contributed by atoms with E-state index in [1.807, 2.05) is 60.7 Å². The van der Waals surface area contributed by atoms with Gasteiger partial charge in [0.2, 0.25) is 11.8 Å². The summed E-state index contributed by atoms with van der Waals surface area (Å²) in [5.74, 6) is -0.595. The third kappa shape index (κ3) is 12.8. The van der Waals surface area contributed by atoms with E-state index >= 15 is 0 Å². The van der Waals surface area contributed by atoms with Crippen molar-refractivity contribution in [3.05, 3.63) is 82.2 Å². The van der Waals surface area contributed by atoms with Crippen LogP contribution in [-0.2, 0) is 32.3 Å². The molecule has 14 heteroatoms. The van der Waals surface area contributed by atoms with Gasteiger partial charge in [0.25, 0.3) is 0 Å². The number of aliphatic hydroxyl groups is 1. The van der Waals surface area contributed by atoms with Crippen molar-refractivity contribution < 1.29 is 33.8 Å². The normalized spacial score (nSPS) is 23.1. The van der Waals surface area contributed by atoms with Gasteiger partial charge in [0.15, 0.2) is 0 Å². The number of nitrogens with one attached hydrogen (secondary N) is 2. The third-order valence-corrected chi connectivity index (χ3v) is 8.23. The Morgan fingerprint density at radius 2 is 1.17 bits per heavy atom. The molecule has 3 N–H and O–H groups in total. The van der Waals surface area contributed by atoms with E-state index in [0.29, 0.717) is 38.5 Å². The molecule has 6 atom stereocenters. The number of alkyl carbamates (subject to hydrolysis) is 2.